The molecule has 0 atom stereocenters. The van der Waals surface area contributed by atoms with E-state index in [1.807, 2.05) is 49.6 Å². The molecule has 38 heteroatoms. The van der Waals surface area contributed by atoms with Gasteiger partial charge in [-0.3, -0.25) is 0 Å². The zero-order valence-electron chi connectivity index (χ0n) is 29.4. The van der Waals surface area contributed by atoms with Gasteiger partial charge in [-0.05, 0) is 45.9 Å². The van der Waals surface area contributed by atoms with Gasteiger partial charge < -0.3 is 142 Å². The van der Waals surface area contributed by atoms with Gasteiger partial charge in [-0.2, -0.15) is 0 Å². The van der Waals surface area contributed by atoms with Gasteiger partial charge in [0.05, 0.1) is 0 Å². The van der Waals surface area contributed by atoms with Crippen molar-refractivity contribution in [2.24, 2.45) is 0 Å². The van der Waals surface area contributed by atoms with Crippen molar-refractivity contribution in [2.45, 2.75) is 23.7 Å². The Morgan fingerprint density at radius 3 is 0.339 bits per heavy atom. The molecule has 1 saturated carbocycles. The Bertz CT molecular complexity index is 930. The Morgan fingerprint density at radius 2 is 0.258 bits per heavy atom. The maximum absolute atomic E-state index is 3.17. The fourth-order valence-corrected chi connectivity index (χ4v) is 4.89. The second kappa shape index (κ2) is 114. The minimum absolute atomic E-state index is 0. The third kappa shape index (κ3) is 52.0. The summed E-state index contributed by atoms with van der Waals surface area (Å²) in [5, 5.41) is 0. The Morgan fingerprint density at radius 1 is 0.177 bits per heavy atom. The molecule has 0 bridgehead atoms. The van der Waals surface area contributed by atoms with Gasteiger partial charge in [-0.25, -0.2) is 19.9 Å². The molecule has 0 unspecified atom stereocenters. The fourth-order valence-electron chi connectivity index (χ4n) is 4.89. The molecule has 0 saturated heterocycles. The van der Waals surface area contributed by atoms with Gasteiger partial charge >= 0.3 is 0 Å². The van der Waals surface area contributed by atoms with Crippen LogP contribution in [0.25, 0.3) is 0 Å². The van der Waals surface area contributed by atoms with Crippen molar-refractivity contribution in [1.29, 1.82) is 0 Å². The van der Waals surface area contributed by atoms with Crippen LogP contribution in [0.3, 0.4) is 0 Å². The Kier molecular flexibility index (Phi) is 408. The number of nitrogens with one attached hydrogen (secondary N) is 4. The molecule has 4 heterocycles. The smallest absolute Gasteiger partial charge is 0.167 e. The maximum atomic E-state index is 3.17. The molecule has 0 radical (unpaired) electrons. The molecule has 392 valence electrons. The molecular formula is C24H24Mo8N4O26-48. The third-order valence-corrected chi connectivity index (χ3v) is 6.06. The molecule has 4 N–H and O–H groups in total. The van der Waals surface area contributed by atoms with Gasteiger partial charge in [0.25, 0.3) is 0 Å². The summed E-state index contributed by atoms with van der Waals surface area (Å²) in [5.74, 6) is 1.70. The zero-order chi connectivity index (χ0) is 18.8. The van der Waals surface area contributed by atoms with E-state index in [1.165, 1.54) is 22.3 Å². The minimum Gasteiger partial charge on any atom is -2.00 e. The van der Waals surface area contributed by atoms with E-state index in [2.05, 4.69) is 68.5 Å². The molecule has 1 fully saturated rings. The van der Waals surface area contributed by atoms with Crippen LogP contribution in [0, 0.1) is 0 Å². The number of aromatic nitrogens is 4. The molecule has 0 aliphatic heterocycles. The van der Waals surface area contributed by atoms with E-state index in [1.54, 1.807) is 0 Å². The molecule has 0 spiro atoms. The van der Waals surface area contributed by atoms with Gasteiger partial charge in [0.15, 0.2) is 49.6 Å². The van der Waals surface area contributed by atoms with E-state index in [9.17, 15) is 0 Å². The van der Waals surface area contributed by atoms with Crippen molar-refractivity contribution in [2.75, 3.05) is 0 Å². The van der Waals surface area contributed by atoms with Crippen LogP contribution in [0.4, 0.5) is 0 Å². The first kappa shape index (κ1) is 222. The normalized spacial score (nSPS) is 10.7. The topological polar surface area (TPSA) is 798 Å². The van der Waals surface area contributed by atoms with Crippen LogP contribution in [0.2, 0.25) is 0 Å². The molecule has 5 rings (SSSR count). The zero-order valence-corrected chi connectivity index (χ0v) is 45.5. The SMILES string of the molecule is [Mo].[Mo].[Mo].[Mo].[Mo].[Mo].[Mo].[Mo].[O-2].[O-2].[O-2].[O-2].[O-2].[O-2].[O-2].[O-2].[O-2].[O-2].[O-2].[O-2].[O-2].[O-2].[O-2].[O-2].[O-2].[O-2].[O-2].[O-2].[O-2].[O-2].[O-2].[O-2].[O-2].[O-2].c1cc(C2C(c3cc[nH+]cc3)C(c3cc[nH+]cc3)C2c2cc[nH+]cc2)cc[nH+]1. The summed E-state index contributed by atoms with van der Waals surface area (Å²) in [6.07, 6.45) is 16.3. The summed E-state index contributed by atoms with van der Waals surface area (Å²) in [7, 11) is 0. The third-order valence-electron chi connectivity index (χ3n) is 6.06. The largest absolute Gasteiger partial charge is 2.00 e. The molecular weight excluding hydrogens is 1530 g/mol. The number of rotatable bonds is 4. The van der Waals surface area contributed by atoms with E-state index in [4.69, 9.17) is 0 Å². The number of pyridine rings is 4. The number of hydrogen-bond acceptors (Lipinski definition) is 0. The standard InChI is InChI=1S/C24H20N4.8Mo.26O/c1-9-25-10-2-17(1)21-22(18-3-11-26-12-4-18)24(20-7-15-28-16-8-20)23(21)19-5-13-27-14-6-19;;;;;;;;;;;;;;;;;;;;;;;;;;;;;;;;;;/h1-16,21-24H;;;;;;;;;;;;;;;;;;;;;;;;;;;;;;;;;;/q;;;;;;;;;26*-2/p+4. The van der Waals surface area contributed by atoms with Crippen LogP contribution in [0.5, 0.6) is 0 Å². The molecule has 62 heavy (non-hydrogen) atoms. The van der Waals surface area contributed by atoms with E-state index in [-0.39, 0.29) is 311 Å². The molecule has 4 aromatic rings. The summed E-state index contributed by atoms with van der Waals surface area (Å²) in [5.41, 5.74) is 5.53. The molecule has 4 aromatic heterocycles. The molecule has 0 amide bonds. The van der Waals surface area contributed by atoms with Crippen molar-refractivity contribution >= 4 is 0 Å². The molecule has 1 aliphatic carbocycles. The van der Waals surface area contributed by atoms with Gasteiger partial charge in [-0.1, -0.05) is 0 Å². The summed E-state index contributed by atoms with van der Waals surface area (Å²) in [4.78, 5) is 12.7. The Labute approximate surface area is 470 Å². The van der Waals surface area contributed by atoms with Crippen LogP contribution >= 0.6 is 0 Å². The summed E-state index contributed by atoms with van der Waals surface area (Å²) in [6.45, 7) is 0. The number of aromatic amines is 4. The second-order valence-corrected chi connectivity index (χ2v) is 7.44. The predicted octanol–water partition coefficient (Wildman–Crippen LogP) is -0.717. The second-order valence-electron chi connectivity index (χ2n) is 7.44. The summed E-state index contributed by atoms with van der Waals surface area (Å²) in [6, 6.07) is 17.8. The van der Waals surface area contributed by atoms with Gasteiger partial charge in [0.1, 0.15) is 0 Å². The molecule has 30 nitrogen and oxygen atoms in total. The molecule has 1 aliphatic rings. The summed E-state index contributed by atoms with van der Waals surface area (Å²) >= 11 is 0. The van der Waals surface area contributed by atoms with Crippen molar-refractivity contribution in [3.63, 3.8) is 0 Å². The van der Waals surface area contributed by atoms with Gasteiger partial charge in [0, 0.05) is 217 Å². The van der Waals surface area contributed by atoms with Crippen LogP contribution < -0.4 is 19.9 Å². The van der Waals surface area contributed by atoms with E-state index < -0.39 is 0 Å². The fraction of sp³-hybridized carbons (Fsp3) is 0.167. The van der Waals surface area contributed by atoms with E-state index in [0.29, 0.717) is 23.7 Å². The Balaban J connectivity index is -0.0000000108. The van der Waals surface area contributed by atoms with Crippen LogP contribution in [-0.4, -0.2) is 0 Å². The minimum atomic E-state index is 0. The van der Waals surface area contributed by atoms with Crippen LogP contribution in [0.15, 0.2) is 98.1 Å². The quantitative estimate of drug-likeness (QED) is 0.229. The van der Waals surface area contributed by atoms with E-state index >= 15 is 0 Å². The predicted molar refractivity (Wildman–Crippen MR) is 121 cm³/mol. The average Bonchev–Trinajstić information content (AvgIpc) is 2.76. The summed E-state index contributed by atoms with van der Waals surface area (Å²) < 4.78 is 0. The van der Waals surface area contributed by atoms with Crippen molar-refractivity contribution in [3.05, 3.63) is 120 Å². The number of hydrogen-bond donors (Lipinski definition) is 0. The first-order valence-corrected chi connectivity index (χ1v) is 9.77. The van der Waals surface area contributed by atoms with Crippen molar-refractivity contribution in [1.82, 2.24) is 0 Å². The first-order valence-electron chi connectivity index (χ1n) is 9.77. The van der Waals surface area contributed by atoms with Crippen LogP contribution in [-0.2, 0) is 311 Å². The van der Waals surface area contributed by atoms with Crippen molar-refractivity contribution in [3.8, 4) is 0 Å². The van der Waals surface area contributed by atoms with Gasteiger partial charge in [-0.15, -0.1) is 0 Å². The van der Waals surface area contributed by atoms with E-state index in [0.717, 1.165) is 0 Å². The van der Waals surface area contributed by atoms with Crippen LogP contribution in [0.1, 0.15) is 45.9 Å². The van der Waals surface area contributed by atoms with Crippen molar-refractivity contribution < 1.29 is 331 Å². The maximum Gasteiger partial charge on any atom is 0.167 e. The average molecular weight is 1550 g/mol. The monoisotopic (exact) mass is 1570 g/mol. The Hall–Kier alpha value is 1.07. The first-order chi connectivity index (χ1) is 13.9. The van der Waals surface area contributed by atoms with Gasteiger partial charge in [0.2, 0.25) is 0 Å². The number of H-pyrrole nitrogens is 4. The molecule has 0 aromatic carbocycles.